The molecular formula is C24H17F3N3O3S-. The number of nitrogens with zero attached hydrogens (tertiary/aromatic N) is 2. The molecule has 34 heavy (non-hydrogen) atoms. The highest BCUT2D eigenvalue weighted by molar-refractivity contribution is 7.77. The summed E-state index contributed by atoms with van der Waals surface area (Å²) in [5, 5.41) is 0.557. The fourth-order valence-corrected chi connectivity index (χ4v) is 3.89. The molecule has 1 N–H and O–H groups in total. The first-order chi connectivity index (χ1) is 16.3. The van der Waals surface area contributed by atoms with Crippen molar-refractivity contribution in [1.82, 2.24) is 14.7 Å². The van der Waals surface area contributed by atoms with Gasteiger partial charge in [-0.3, -0.25) is 19.0 Å². The van der Waals surface area contributed by atoms with Gasteiger partial charge in [0.25, 0.3) is 0 Å². The van der Waals surface area contributed by atoms with Crippen molar-refractivity contribution in [2.45, 2.75) is 12.8 Å². The van der Waals surface area contributed by atoms with E-state index in [-0.39, 0.29) is 30.5 Å². The summed E-state index contributed by atoms with van der Waals surface area (Å²) >= 11 is -2.49. The van der Waals surface area contributed by atoms with Gasteiger partial charge in [-0.2, -0.15) is 0 Å². The Balaban J connectivity index is 1.68. The van der Waals surface area contributed by atoms with E-state index in [1.807, 2.05) is 6.07 Å². The SMILES string of the molecule is O=C(c1ccc2ncc(-c3cccnc3)cc2c1)c1c(F)c(F)cc(CCCNS(=O)[O-])c1F. The van der Waals surface area contributed by atoms with Crippen LogP contribution in [0.15, 0.2) is 61.1 Å². The monoisotopic (exact) mass is 484 g/mol. The van der Waals surface area contributed by atoms with Gasteiger partial charge in [-0.15, -0.1) is 0 Å². The van der Waals surface area contributed by atoms with Crippen molar-refractivity contribution in [2.24, 2.45) is 0 Å². The van der Waals surface area contributed by atoms with E-state index in [1.54, 1.807) is 36.8 Å². The second-order valence-corrected chi connectivity index (χ2v) is 8.21. The van der Waals surface area contributed by atoms with Gasteiger partial charge in [0.15, 0.2) is 17.4 Å². The molecule has 1 unspecified atom stereocenters. The van der Waals surface area contributed by atoms with Crippen molar-refractivity contribution in [3.05, 3.63) is 95.2 Å². The highest BCUT2D eigenvalue weighted by Crippen LogP contribution is 2.27. The van der Waals surface area contributed by atoms with Crippen LogP contribution in [0, 0.1) is 17.5 Å². The van der Waals surface area contributed by atoms with Crippen LogP contribution >= 0.6 is 0 Å². The van der Waals surface area contributed by atoms with E-state index < -0.39 is 40.1 Å². The van der Waals surface area contributed by atoms with Crippen LogP contribution in [0.2, 0.25) is 0 Å². The summed E-state index contributed by atoms with van der Waals surface area (Å²) in [5.74, 6) is -5.12. The van der Waals surface area contributed by atoms with Gasteiger partial charge in [0, 0.05) is 58.5 Å². The summed E-state index contributed by atoms with van der Waals surface area (Å²) in [4.78, 5) is 21.5. The molecule has 0 fully saturated rings. The summed E-state index contributed by atoms with van der Waals surface area (Å²) < 4.78 is 66.9. The fourth-order valence-electron chi connectivity index (χ4n) is 3.58. The lowest BCUT2D eigenvalue weighted by Gasteiger charge is -2.12. The standard InChI is InChI=1S/C24H18F3N3O3S/c25-19-11-14(3-2-8-30-34(32)33)22(26)21(23(19)27)24(31)15-5-6-20-17(9-15)10-18(13-29-20)16-4-1-7-28-12-16/h1,4-7,9-13,30H,2-3,8H2,(H,32,33)/p-1. The number of aryl methyl sites for hydroxylation is 1. The van der Waals surface area contributed by atoms with E-state index in [9.17, 15) is 22.3 Å². The number of pyridine rings is 2. The first-order valence-corrected chi connectivity index (χ1v) is 11.3. The number of fused-ring (bicyclic) bond motifs is 1. The predicted octanol–water partition coefficient (Wildman–Crippen LogP) is 4.26. The van der Waals surface area contributed by atoms with Crippen molar-refractivity contribution >= 4 is 28.0 Å². The molecule has 4 aromatic rings. The van der Waals surface area contributed by atoms with Gasteiger partial charge in [0.1, 0.15) is 5.82 Å². The number of carbonyl (C=O) groups excluding carboxylic acids is 1. The van der Waals surface area contributed by atoms with Crippen LogP contribution in [0.5, 0.6) is 0 Å². The van der Waals surface area contributed by atoms with Crippen LogP contribution in [0.3, 0.4) is 0 Å². The van der Waals surface area contributed by atoms with Crippen molar-refractivity contribution in [1.29, 1.82) is 0 Å². The highest BCUT2D eigenvalue weighted by Gasteiger charge is 2.25. The first-order valence-electron chi connectivity index (χ1n) is 10.2. The summed E-state index contributed by atoms with van der Waals surface area (Å²) in [6.45, 7) is -0.0191. The second kappa shape index (κ2) is 10.2. The molecule has 0 amide bonds. The maximum atomic E-state index is 15.0. The van der Waals surface area contributed by atoms with Crippen LogP contribution in [-0.2, 0) is 17.7 Å². The lowest BCUT2D eigenvalue weighted by atomic mass is 9.96. The Morgan fingerprint density at radius 3 is 2.59 bits per heavy atom. The minimum atomic E-state index is -2.49. The number of hydrogen-bond donors (Lipinski definition) is 1. The summed E-state index contributed by atoms with van der Waals surface area (Å²) in [6.07, 6.45) is 4.97. The largest absolute Gasteiger partial charge is 0.760 e. The molecule has 0 saturated carbocycles. The Kier molecular flexibility index (Phi) is 7.11. The normalized spacial score (nSPS) is 12.1. The maximum absolute atomic E-state index is 15.0. The van der Waals surface area contributed by atoms with Gasteiger partial charge in [-0.25, -0.2) is 17.9 Å². The Hall–Kier alpha value is -3.47. The van der Waals surface area contributed by atoms with Crippen LogP contribution < -0.4 is 4.72 Å². The molecule has 0 radical (unpaired) electrons. The summed E-state index contributed by atoms with van der Waals surface area (Å²) in [5.41, 5.74) is 0.857. The van der Waals surface area contributed by atoms with E-state index in [0.29, 0.717) is 17.0 Å². The number of ketones is 1. The zero-order valence-corrected chi connectivity index (χ0v) is 18.4. The average molecular weight is 484 g/mol. The van der Waals surface area contributed by atoms with E-state index in [0.717, 1.165) is 11.1 Å². The van der Waals surface area contributed by atoms with Crippen LogP contribution in [0.1, 0.15) is 27.9 Å². The van der Waals surface area contributed by atoms with Gasteiger partial charge in [-0.05, 0) is 54.8 Å². The molecular weight excluding hydrogens is 467 g/mol. The van der Waals surface area contributed by atoms with Gasteiger partial charge >= 0.3 is 0 Å². The topological polar surface area (TPSA) is 95.0 Å². The number of carbonyl (C=O) groups is 1. The molecule has 1 atom stereocenters. The lowest BCUT2D eigenvalue weighted by molar-refractivity contribution is 0.102. The van der Waals surface area contributed by atoms with E-state index in [4.69, 9.17) is 0 Å². The average Bonchev–Trinajstić information content (AvgIpc) is 2.84. The molecule has 0 bridgehead atoms. The van der Waals surface area contributed by atoms with Crippen LogP contribution in [0.25, 0.3) is 22.0 Å². The van der Waals surface area contributed by atoms with E-state index in [2.05, 4.69) is 14.7 Å². The molecule has 6 nitrogen and oxygen atoms in total. The van der Waals surface area contributed by atoms with Crippen molar-refractivity contribution in [2.75, 3.05) is 6.54 Å². The Labute approximate surface area is 195 Å². The van der Waals surface area contributed by atoms with Crippen LogP contribution in [0.4, 0.5) is 13.2 Å². The van der Waals surface area contributed by atoms with E-state index >= 15 is 4.39 Å². The summed E-state index contributed by atoms with van der Waals surface area (Å²) in [7, 11) is 0. The molecule has 0 aliphatic carbocycles. The van der Waals surface area contributed by atoms with Gasteiger partial charge in [-0.1, -0.05) is 6.07 Å². The molecule has 10 heteroatoms. The minimum Gasteiger partial charge on any atom is -0.760 e. The number of rotatable bonds is 8. The number of aromatic nitrogens is 2. The maximum Gasteiger partial charge on any atom is 0.199 e. The smallest absolute Gasteiger partial charge is 0.199 e. The zero-order chi connectivity index (χ0) is 24.2. The van der Waals surface area contributed by atoms with Crippen LogP contribution in [-0.4, -0.2) is 31.1 Å². The Morgan fingerprint density at radius 1 is 1.03 bits per heavy atom. The molecule has 0 aliphatic rings. The Bertz CT molecular complexity index is 1400. The first kappa shape index (κ1) is 23.7. The molecule has 0 saturated heterocycles. The molecule has 2 aromatic carbocycles. The van der Waals surface area contributed by atoms with Gasteiger partial charge in [0.2, 0.25) is 0 Å². The molecule has 2 aromatic heterocycles. The number of benzene rings is 2. The van der Waals surface area contributed by atoms with Gasteiger partial charge in [0.05, 0.1) is 11.1 Å². The molecule has 4 rings (SSSR count). The Morgan fingerprint density at radius 2 is 1.85 bits per heavy atom. The second-order valence-electron chi connectivity index (χ2n) is 7.46. The third-order valence-corrected chi connectivity index (χ3v) is 5.68. The lowest BCUT2D eigenvalue weighted by Crippen LogP contribution is -2.18. The molecule has 174 valence electrons. The number of hydrogen-bond acceptors (Lipinski definition) is 5. The van der Waals surface area contributed by atoms with Crippen molar-refractivity contribution < 1.29 is 26.7 Å². The molecule has 0 spiro atoms. The number of halogens is 3. The van der Waals surface area contributed by atoms with Gasteiger partial charge < -0.3 is 4.55 Å². The third kappa shape index (κ3) is 5.04. The van der Waals surface area contributed by atoms with Crippen molar-refractivity contribution in [3.63, 3.8) is 0 Å². The molecule has 0 aliphatic heterocycles. The highest BCUT2D eigenvalue weighted by atomic mass is 32.2. The third-order valence-electron chi connectivity index (χ3n) is 5.24. The van der Waals surface area contributed by atoms with Crippen molar-refractivity contribution in [3.8, 4) is 11.1 Å². The fraction of sp³-hybridized carbons (Fsp3) is 0.125. The quantitative estimate of drug-likeness (QED) is 0.175. The predicted molar refractivity (Wildman–Crippen MR) is 120 cm³/mol. The number of nitrogens with one attached hydrogen (secondary N) is 1. The minimum absolute atomic E-state index is 0.0191. The zero-order valence-electron chi connectivity index (χ0n) is 17.6. The summed E-state index contributed by atoms with van der Waals surface area (Å²) in [6, 6.07) is 10.4. The molecule has 2 heterocycles. The van der Waals surface area contributed by atoms with E-state index in [1.165, 1.54) is 12.1 Å².